The molecule has 1 atom stereocenters. The molecule has 2 N–H and O–H groups in total. The molecule has 5 nitrogen and oxygen atoms in total. The quantitative estimate of drug-likeness (QED) is 0.755. The fraction of sp³-hybridized carbons (Fsp3) is 0.571. The van der Waals surface area contributed by atoms with Gasteiger partial charge < -0.3 is 10.2 Å². The Hall–Kier alpha value is -1.02. The molecule has 0 fully saturated rings. The molecule has 0 heterocycles. The van der Waals surface area contributed by atoms with E-state index in [1.165, 1.54) is 12.1 Å². The molecule has 0 saturated heterocycles. The summed E-state index contributed by atoms with van der Waals surface area (Å²) in [5, 5.41) is 3.06. The number of benzene rings is 1. The van der Waals surface area contributed by atoms with Crippen LogP contribution in [0.5, 0.6) is 0 Å². The van der Waals surface area contributed by atoms with Crippen molar-refractivity contribution in [2.24, 2.45) is 0 Å². The van der Waals surface area contributed by atoms with Crippen molar-refractivity contribution in [1.29, 1.82) is 0 Å². The average Bonchev–Trinajstić information content (AvgIpc) is 2.43. The van der Waals surface area contributed by atoms with Crippen molar-refractivity contribution in [2.45, 2.75) is 31.3 Å². The maximum absolute atomic E-state index is 13.4. The van der Waals surface area contributed by atoms with Gasteiger partial charge in [0.2, 0.25) is 10.0 Å². The Morgan fingerprint density at radius 1 is 1.33 bits per heavy atom. The summed E-state index contributed by atoms with van der Waals surface area (Å²) >= 11 is 0. The second-order valence-electron chi connectivity index (χ2n) is 5.20. The third kappa shape index (κ3) is 5.35. The summed E-state index contributed by atoms with van der Waals surface area (Å²) in [6.07, 6.45) is 0. The minimum absolute atomic E-state index is 0.00518. The lowest BCUT2D eigenvalue weighted by atomic mass is 10.2. The molecule has 1 unspecified atom stereocenters. The van der Waals surface area contributed by atoms with Gasteiger partial charge in [0.25, 0.3) is 0 Å². The van der Waals surface area contributed by atoms with Crippen LogP contribution in [0.1, 0.15) is 19.4 Å². The normalized spacial score (nSPS) is 13.6. The first kappa shape index (κ1) is 18.0. The zero-order chi connectivity index (χ0) is 16.0. The molecule has 0 radical (unpaired) electrons. The molecule has 21 heavy (non-hydrogen) atoms. The van der Waals surface area contributed by atoms with Gasteiger partial charge in [-0.05, 0) is 45.3 Å². The molecule has 0 aliphatic carbocycles. The number of sulfonamides is 1. The van der Waals surface area contributed by atoms with Crippen LogP contribution in [0.3, 0.4) is 0 Å². The van der Waals surface area contributed by atoms with Crippen LogP contribution in [-0.4, -0.2) is 46.5 Å². The molecule has 1 aromatic rings. The molecule has 0 aliphatic rings. The molecule has 0 bridgehead atoms. The van der Waals surface area contributed by atoms with Crippen LogP contribution < -0.4 is 10.0 Å². The van der Waals surface area contributed by atoms with Crippen molar-refractivity contribution >= 4 is 10.0 Å². The van der Waals surface area contributed by atoms with Crippen molar-refractivity contribution in [3.05, 3.63) is 29.6 Å². The smallest absolute Gasteiger partial charge is 0.241 e. The first-order chi connectivity index (χ1) is 9.77. The largest absolute Gasteiger partial charge is 0.313 e. The maximum Gasteiger partial charge on any atom is 0.241 e. The predicted octanol–water partition coefficient (Wildman–Crippen LogP) is 1.16. The van der Waals surface area contributed by atoms with Crippen LogP contribution in [0.25, 0.3) is 0 Å². The zero-order valence-corrected chi connectivity index (χ0v) is 13.8. The van der Waals surface area contributed by atoms with Gasteiger partial charge in [0.1, 0.15) is 5.82 Å². The number of nitrogens with one attached hydrogen (secondary N) is 2. The van der Waals surface area contributed by atoms with E-state index in [1.54, 1.807) is 0 Å². The highest BCUT2D eigenvalue weighted by Crippen LogP contribution is 2.17. The van der Waals surface area contributed by atoms with E-state index in [4.69, 9.17) is 0 Å². The Morgan fingerprint density at radius 2 is 2.00 bits per heavy atom. The highest BCUT2D eigenvalue weighted by Gasteiger charge is 2.20. The first-order valence-corrected chi connectivity index (χ1v) is 8.41. The number of rotatable bonds is 8. The van der Waals surface area contributed by atoms with Crippen molar-refractivity contribution in [1.82, 2.24) is 14.9 Å². The molecule has 0 aromatic heterocycles. The molecule has 0 amide bonds. The zero-order valence-electron chi connectivity index (χ0n) is 13.0. The Morgan fingerprint density at radius 3 is 2.57 bits per heavy atom. The molecular formula is C14H24FN3O2S. The Balaban J connectivity index is 2.98. The van der Waals surface area contributed by atoms with E-state index in [0.29, 0.717) is 18.7 Å². The lowest BCUT2D eigenvalue weighted by molar-refractivity contribution is 0.314. The van der Waals surface area contributed by atoms with Crippen LogP contribution in [-0.2, 0) is 16.6 Å². The fourth-order valence-electron chi connectivity index (χ4n) is 1.67. The molecule has 120 valence electrons. The van der Waals surface area contributed by atoms with Crippen LogP contribution >= 0.6 is 0 Å². The van der Waals surface area contributed by atoms with Crippen molar-refractivity contribution in [2.75, 3.05) is 27.2 Å². The third-order valence-corrected chi connectivity index (χ3v) is 4.84. The summed E-state index contributed by atoms with van der Waals surface area (Å²) in [7, 11) is 0.0164. The molecule has 7 heteroatoms. The Bertz CT molecular complexity index is 561. The second kappa shape index (κ2) is 7.84. The Labute approximate surface area is 126 Å². The summed E-state index contributed by atoms with van der Waals surface area (Å²) in [4.78, 5) is 1.91. The van der Waals surface area contributed by atoms with Crippen LogP contribution in [0.4, 0.5) is 4.39 Å². The lowest BCUT2D eigenvalue weighted by Crippen LogP contribution is -2.38. The fourth-order valence-corrected chi connectivity index (χ4v) is 3.04. The molecule has 0 saturated carbocycles. The molecule has 0 spiro atoms. The number of hydrogen-bond donors (Lipinski definition) is 2. The molecule has 0 aliphatic heterocycles. The molecule has 1 rings (SSSR count). The standard InChI is InChI=1S/C14H24FN3O2S/c1-5-16-10-12-6-7-13(15)8-14(12)21(19,20)17-9-11(2)18(3)4/h6-8,11,16-17H,5,9-10H2,1-4H3. The number of halogens is 1. The predicted molar refractivity (Wildman–Crippen MR) is 82.1 cm³/mol. The molecule has 1 aromatic carbocycles. The van der Waals surface area contributed by atoms with Crippen LogP contribution in [0, 0.1) is 5.82 Å². The number of likely N-dealkylation sites (N-methyl/N-ethyl adjacent to an activating group) is 1. The van der Waals surface area contributed by atoms with E-state index < -0.39 is 15.8 Å². The van der Waals surface area contributed by atoms with E-state index in [1.807, 2.05) is 32.8 Å². The summed E-state index contributed by atoms with van der Waals surface area (Å²) in [5.74, 6) is -0.559. The summed E-state index contributed by atoms with van der Waals surface area (Å²) in [5.41, 5.74) is 0.559. The van der Waals surface area contributed by atoms with Gasteiger partial charge >= 0.3 is 0 Å². The van der Waals surface area contributed by atoms with Gasteiger partial charge in [0.15, 0.2) is 0 Å². The van der Waals surface area contributed by atoms with Crippen molar-refractivity contribution in [3.63, 3.8) is 0 Å². The van der Waals surface area contributed by atoms with Gasteiger partial charge in [-0.25, -0.2) is 17.5 Å². The summed E-state index contributed by atoms with van der Waals surface area (Å²) in [6.45, 7) is 5.20. The van der Waals surface area contributed by atoms with Gasteiger partial charge in [0, 0.05) is 19.1 Å². The van der Waals surface area contributed by atoms with Crippen molar-refractivity contribution in [3.8, 4) is 0 Å². The monoisotopic (exact) mass is 317 g/mol. The Kier molecular flexibility index (Phi) is 6.73. The molecular weight excluding hydrogens is 293 g/mol. The number of hydrogen-bond acceptors (Lipinski definition) is 4. The van der Waals surface area contributed by atoms with Crippen LogP contribution in [0.15, 0.2) is 23.1 Å². The SMILES string of the molecule is CCNCc1ccc(F)cc1S(=O)(=O)NCC(C)N(C)C. The van der Waals surface area contributed by atoms with Crippen LogP contribution in [0.2, 0.25) is 0 Å². The van der Waals surface area contributed by atoms with E-state index in [9.17, 15) is 12.8 Å². The average molecular weight is 317 g/mol. The van der Waals surface area contributed by atoms with E-state index in [2.05, 4.69) is 10.0 Å². The summed E-state index contributed by atoms with van der Waals surface area (Å²) in [6, 6.07) is 3.89. The van der Waals surface area contributed by atoms with Gasteiger partial charge in [0.05, 0.1) is 4.90 Å². The van der Waals surface area contributed by atoms with Gasteiger partial charge in [-0.15, -0.1) is 0 Å². The van der Waals surface area contributed by atoms with Crippen molar-refractivity contribution < 1.29 is 12.8 Å². The number of nitrogens with zero attached hydrogens (tertiary/aromatic N) is 1. The van der Waals surface area contributed by atoms with Gasteiger partial charge in [-0.1, -0.05) is 13.0 Å². The van der Waals surface area contributed by atoms with E-state index >= 15 is 0 Å². The maximum atomic E-state index is 13.4. The van der Waals surface area contributed by atoms with Gasteiger partial charge in [-0.3, -0.25) is 0 Å². The highest BCUT2D eigenvalue weighted by molar-refractivity contribution is 7.89. The first-order valence-electron chi connectivity index (χ1n) is 6.93. The lowest BCUT2D eigenvalue weighted by Gasteiger charge is -2.20. The van der Waals surface area contributed by atoms with Gasteiger partial charge in [-0.2, -0.15) is 0 Å². The summed E-state index contributed by atoms with van der Waals surface area (Å²) < 4.78 is 40.7. The second-order valence-corrected chi connectivity index (χ2v) is 6.93. The highest BCUT2D eigenvalue weighted by atomic mass is 32.2. The topological polar surface area (TPSA) is 61.4 Å². The van der Waals surface area contributed by atoms with E-state index in [-0.39, 0.29) is 17.5 Å². The van der Waals surface area contributed by atoms with E-state index in [0.717, 1.165) is 6.07 Å². The minimum atomic E-state index is -3.73. The minimum Gasteiger partial charge on any atom is -0.313 e. The third-order valence-electron chi connectivity index (χ3n) is 3.33.